The van der Waals surface area contributed by atoms with Crippen LogP contribution in [0.3, 0.4) is 0 Å². The maximum absolute atomic E-state index is 12.9. The first-order valence-corrected chi connectivity index (χ1v) is 12.3. The molecule has 0 aliphatic heterocycles. The van der Waals surface area contributed by atoms with E-state index in [4.69, 9.17) is 9.47 Å². The molecule has 0 heterocycles. The third-order valence-corrected chi connectivity index (χ3v) is 6.61. The number of carbonyl (C=O) groups is 2. The number of carbonyl (C=O) groups excluding carboxylic acids is 2. The lowest BCUT2D eigenvalue weighted by Crippen LogP contribution is -2.30. The van der Waals surface area contributed by atoms with Gasteiger partial charge in [0.15, 0.2) is 12.4 Å². The van der Waals surface area contributed by atoms with Gasteiger partial charge in [0.25, 0.3) is 0 Å². The molecule has 0 aromatic heterocycles. The van der Waals surface area contributed by atoms with E-state index in [0.29, 0.717) is 11.3 Å². The van der Waals surface area contributed by atoms with E-state index in [1.54, 1.807) is 48.5 Å². The first kappa shape index (κ1) is 25.1. The van der Waals surface area contributed by atoms with Crippen LogP contribution in [0.25, 0.3) is 0 Å². The number of Topliss-reactive ketones (excluding diaryl/α,β-unsaturated/α-hetero) is 1. The standard InChI is InChI=1S/C26H27NO6S/c1-19-8-14-24(15-9-19)34(30,31)27-25(22-6-4-3-5-7-22)16-17-32-26(29)18-33-23-12-10-21(11-13-23)20(2)28/h3-15,25,27H,16-18H2,1-2H3/t25-/m0/s1. The maximum Gasteiger partial charge on any atom is 0.344 e. The molecule has 0 amide bonds. The van der Waals surface area contributed by atoms with Crippen LogP contribution in [0.4, 0.5) is 0 Å². The summed E-state index contributed by atoms with van der Waals surface area (Å²) in [5, 5.41) is 0. The van der Waals surface area contributed by atoms with E-state index in [-0.39, 0.29) is 30.3 Å². The van der Waals surface area contributed by atoms with E-state index in [9.17, 15) is 18.0 Å². The summed E-state index contributed by atoms with van der Waals surface area (Å²) in [5.74, 6) is -0.198. The number of sulfonamides is 1. The summed E-state index contributed by atoms with van der Waals surface area (Å²) >= 11 is 0. The molecule has 0 fully saturated rings. The van der Waals surface area contributed by atoms with Gasteiger partial charge in [-0.05, 0) is 55.8 Å². The molecule has 1 atom stereocenters. The molecule has 1 N–H and O–H groups in total. The first-order valence-electron chi connectivity index (χ1n) is 10.8. The van der Waals surface area contributed by atoms with Crippen molar-refractivity contribution in [3.8, 4) is 5.75 Å². The van der Waals surface area contributed by atoms with Crippen molar-refractivity contribution in [3.63, 3.8) is 0 Å². The zero-order valence-electron chi connectivity index (χ0n) is 19.1. The number of nitrogens with one attached hydrogen (secondary N) is 1. The molecule has 8 heteroatoms. The van der Waals surface area contributed by atoms with E-state index in [2.05, 4.69) is 4.72 Å². The van der Waals surface area contributed by atoms with Crippen LogP contribution in [0.15, 0.2) is 83.8 Å². The molecule has 0 bridgehead atoms. The molecule has 0 radical (unpaired) electrons. The van der Waals surface area contributed by atoms with Gasteiger partial charge in [0, 0.05) is 12.0 Å². The summed E-state index contributed by atoms with van der Waals surface area (Å²) < 4.78 is 39.1. The van der Waals surface area contributed by atoms with Gasteiger partial charge in [-0.25, -0.2) is 17.9 Å². The number of benzene rings is 3. The molecule has 0 saturated carbocycles. The van der Waals surface area contributed by atoms with Crippen LogP contribution >= 0.6 is 0 Å². The molecule has 3 rings (SSSR count). The Bertz CT molecular complexity index is 1210. The molecular weight excluding hydrogens is 454 g/mol. The van der Waals surface area contributed by atoms with Gasteiger partial charge >= 0.3 is 5.97 Å². The lowest BCUT2D eigenvalue weighted by Gasteiger charge is -2.19. The lowest BCUT2D eigenvalue weighted by molar-refractivity contribution is -0.146. The fourth-order valence-corrected chi connectivity index (χ4v) is 4.47. The average molecular weight is 482 g/mol. The van der Waals surface area contributed by atoms with Crippen LogP contribution in [-0.4, -0.2) is 33.4 Å². The second kappa shape index (κ2) is 11.6. The van der Waals surface area contributed by atoms with Gasteiger partial charge in [0.2, 0.25) is 10.0 Å². The predicted octanol–water partition coefficient (Wildman–Crippen LogP) is 4.23. The molecule has 0 aliphatic carbocycles. The van der Waals surface area contributed by atoms with E-state index in [1.807, 2.05) is 37.3 Å². The van der Waals surface area contributed by atoms with Crippen molar-refractivity contribution in [1.82, 2.24) is 4.72 Å². The van der Waals surface area contributed by atoms with E-state index < -0.39 is 22.0 Å². The Morgan fingerprint density at radius 1 is 0.912 bits per heavy atom. The molecule has 0 aliphatic rings. The average Bonchev–Trinajstić information content (AvgIpc) is 2.83. The normalized spacial score (nSPS) is 12.1. The highest BCUT2D eigenvalue weighted by atomic mass is 32.2. The highest BCUT2D eigenvalue weighted by molar-refractivity contribution is 7.89. The smallest absolute Gasteiger partial charge is 0.344 e. The van der Waals surface area contributed by atoms with E-state index >= 15 is 0 Å². The Morgan fingerprint density at radius 3 is 2.18 bits per heavy atom. The van der Waals surface area contributed by atoms with Crippen LogP contribution in [0, 0.1) is 6.92 Å². The van der Waals surface area contributed by atoms with Gasteiger partial charge < -0.3 is 9.47 Å². The number of hydrogen-bond acceptors (Lipinski definition) is 6. The summed E-state index contributed by atoms with van der Waals surface area (Å²) in [6, 6.07) is 21.6. The second-order valence-corrected chi connectivity index (χ2v) is 9.49. The topological polar surface area (TPSA) is 98.8 Å². The minimum atomic E-state index is -3.77. The fraction of sp³-hybridized carbons (Fsp3) is 0.231. The fourth-order valence-electron chi connectivity index (χ4n) is 3.21. The number of aryl methyl sites for hydroxylation is 1. The number of rotatable bonds is 11. The Morgan fingerprint density at radius 2 is 1.56 bits per heavy atom. The third kappa shape index (κ3) is 7.26. The van der Waals surface area contributed by atoms with E-state index in [1.165, 1.54) is 6.92 Å². The molecule has 178 valence electrons. The van der Waals surface area contributed by atoms with Crippen molar-refractivity contribution < 1.29 is 27.5 Å². The number of esters is 1. The van der Waals surface area contributed by atoms with Gasteiger partial charge in [-0.2, -0.15) is 0 Å². The van der Waals surface area contributed by atoms with Gasteiger partial charge in [0.1, 0.15) is 5.75 Å². The van der Waals surface area contributed by atoms with Gasteiger partial charge in [-0.15, -0.1) is 0 Å². The highest BCUT2D eigenvalue weighted by Gasteiger charge is 2.22. The van der Waals surface area contributed by atoms with Crippen molar-refractivity contribution in [2.75, 3.05) is 13.2 Å². The molecule has 3 aromatic rings. The van der Waals surface area contributed by atoms with Crippen molar-refractivity contribution in [2.45, 2.75) is 31.2 Å². The summed E-state index contributed by atoms with van der Waals surface area (Å²) in [5.41, 5.74) is 2.27. The van der Waals surface area contributed by atoms with Crippen LogP contribution in [0.1, 0.15) is 40.9 Å². The summed E-state index contributed by atoms with van der Waals surface area (Å²) in [6.07, 6.45) is 0.244. The van der Waals surface area contributed by atoms with Crippen molar-refractivity contribution in [1.29, 1.82) is 0 Å². The van der Waals surface area contributed by atoms with Gasteiger partial charge in [0.05, 0.1) is 17.5 Å². The predicted molar refractivity (Wildman–Crippen MR) is 128 cm³/mol. The Balaban J connectivity index is 1.57. The highest BCUT2D eigenvalue weighted by Crippen LogP contribution is 2.21. The number of ketones is 1. The first-order chi connectivity index (χ1) is 16.2. The van der Waals surface area contributed by atoms with Gasteiger partial charge in [-0.1, -0.05) is 48.0 Å². The minimum Gasteiger partial charge on any atom is -0.482 e. The summed E-state index contributed by atoms with van der Waals surface area (Å²) in [4.78, 5) is 23.6. The molecule has 7 nitrogen and oxygen atoms in total. The molecule has 0 spiro atoms. The van der Waals surface area contributed by atoms with Crippen LogP contribution < -0.4 is 9.46 Å². The van der Waals surface area contributed by atoms with Crippen molar-refractivity contribution >= 4 is 21.8 Å². The zero-order valence-corrected chi connectivity index (χ0v) is 19.9. The Kier molecular flexibility index (Phi) is 8.56. The van der Waals surface area contributed by atoms with Crippen LogP contribution in [0.2, 0.25) is 0 Å². The van der Waals surface area contributed by atoms with Crippen LogP contribution in [-0.2, 0) is 19.6 Å². The number of ether oxygens (including phenoxy) is 2. The quantitative estimate of drug-likeness (QED) is 0.325. The Hall–Kier alpha value is -3.49. The molecule has 0 saturated heterocycles. The molecule has 34 heavy (non-hydrogen) atoms. The second-order valence-electron chi connectivity index (χ2n) is 7.78. The molecule has 3 aromatic carbocycles. The molecule has 0 unspecified atom stereocenters. The van der Waals surface area contributed by atoms with Crippen molar-refractivity contribution in [3.05, 3.63) is 95.6 Å². The van der Waals surface area contributed by atoms with Crippen LogP contribution in [0.5, 0.6) is 5.75 Å². The lowest BCUT2D eigenvalue weighted by atomic mass is 10.1. The van der Waals surface area contributed by atoms with Crippen molar-refractivity contribution in [2.24, 2.45) is 0 Å². The number of hydrogen-bond donors (Lipinski definition) is 1. The minimum absolute atomic E-state index is 0.00143. The van der Waals surface area contributed by atoms with Gasteiger partial charge in [-0.3, -0.25) is 4.79 Å². The molecular formula is C26H27NO6S. The largest absolute Gasteiger partial charge is 0.482 e. The third-order valence-electron chi connectivity index (χ3n) is 5.12. The zero-order chi connectivity index (χ0) is 24.6. The monoisotopic (exact) mass is 481 g/mol. The SMILES string of the molecule is CC(=O)c1ccc(OCC(=O)OCC[C@H](NS(=O)(=O)c2ccc(C)cc2)c2ccccc2)cc1. The van der Waals surface area contributed by atoms with E-state index in [0.717, 1.165) is 11.1 Å². The Labute approximate surface area is 199 Å². The summed E-state index contributed by atoms with van der Waals surface area (Å²) in [7, 11) is -3.77. The summed E-state index contributed by atoms with van der Waals surface area (Å²) in [6.45, 7) is 3.05. The maximum atomic E-state index is 12.9.